The van der Waals surface area contributed by atoms with E-state index < -0.39 is 0 Å². The number of likely N-dealkylation sites (tertiary alicyclic amines) is 1. The third kappa shape index (κ3) is 2.10. The lowest BCUT2D eigenvalue weighted by atomic mass is 9.83. The molecule has 0 aromatic heterocycles. The van der Waals surface area contributed by atoms with E-state index in [0.29, 0.717) is 5.91 Å². The zero-order valence-electron chi connectivity index (χ0n) is 10.4. The Morgan fingerprint density at radius 3 is 2.31 bits per heavy atom. The van der Waals surface area contributed by atoms with Gasteiger partial charge in [0.15, 0.2) is 0 Å². The van der Waals surface area contributed by atoms with Crippen LogP contribution >= 0.6 is 0 Å². The summed E-state index contributed by atoms with van der Waals surface area (Å²) >= 11 is 0. The van der Waals surface area contributed by atoms with Gasteiger partial charge in [-0.15, -0.1) is 0 Å². The fraction of sp³-hybridized carbons (Fsp3) is 0.923. The van der Waals surface area contributed by atoms with Gasteiger partial charge in [0.2, 0.25) is 5.91 Å². The van der Waals surface area contributed by atoms with Crippen molar-refractivity contribution in [3.05, 3.63) is 0 Å². The summed E-state index contributed by atoms with van der Waals surface area (Å²) in [7, 11) is 0. The van der Waals surface area contributed by atoms with Crippen molar-refractivity contribution in [1.29, 1.82) is 0 Å². The van der Waals surface area contributed by atoms with Crippen LogP contribution in [0.3, 0.4) is 0 Å². The Bertz CT molecular complexity index is 259. The van der Waals surface area contributed by atoms with Gasteiger partial charge < -0.3 is 10.6 Å². The highest BCUT2D eigenvalue weighted by Crippen LogP contribution is 2.38. The van der Waals surface area contributed by atoms with E-state index in [1.807, 2.05) is 0 Å². The number of carbonyl (C=O) groups excluding carboxylic acids is 1. The zero-order valence-corrected chi connectivity index (χ0v) is 10.4. The van der Waals surface area contributed by atoms with Crippen LogP contribution in [0, 0.1) is 5.41 Å². The van der Waals surface area contributed by atoms with Crippen LogP contribution in [-0.4, -0.2) is 29.9 Å². The Kier molecular flexibility index (Phi) is 3.53. The molecule has 92 valence electrons. The second-order valence-corrected chi connectivity index (χ2v) is 5.62. The molecular weight excluding hydrogens is 200 g/mol. The first-order chi connectivity index (χ1) is 7.64. The first-order valence-electron chi connectivity index (χ1n) is 6.69. The molecule has 1 amide bonds. The fourth-order valence-corrected chi connectivity index (χ4v) is 3.09. The number of amides is 1. The summed E-state index contributed by atoms with van der Waals surface area (Å²) in [5, 5.41) is 0. The summed E-state index contributed by atoms with van der Waals surface area (Å²) in [6.45, 7) is 3.96. The average molecular weight is 224 g/mol. The number of hydrogen-bond acceptors (Lipinski definition) is 2. The molecule has 2 N–H and O–H groups in total. The van der Waals surface area contributed by atoms with Crippen LogP contribution in [0.5, 0.6) is 0 Å². The lowest BCUT2D eigenvalue weighted by Gasteiger charge is -2.34. The fourth-order valence-electron chi connectivity index (χ4n) is 3.09. The number of nitrogens with two attached hydrogens (primary N) is 1. The number of nitrogens with zero attached hydrogens (tertiary/aromatic N) is 1. The summed E-state index contributed by atoms with van der Waals surface area (Å²) in [6.07, 6.45) is 7.96. The Balaban J connectivity index is 2.05. The lowest BCUT2D eigenvalue weighted by molar-refractivity contribution is -0.141. The molecule has 0 aromatic carbocycles. The SMILES string of the molecule is CC1(C(=O)N2CCCCCC2)CCCC1N. The maximum absolute atomic E-state index is 12.5. The van der Waals surface area contributed by atoms with Crippen molar-refractivity contribution >= 4 is 5.91 Å². The maximum Gasteiger partial charge on any atom is 0.230 e. The molecule has 2 unspecified atom stereocenters. The van der Waals surface area contributed by atoms with Crippen molar-refractivity contribution in [3.8, 4) is 0 Å². The summed E-state index contributed by atoms with van der Waals surface area (Å²) in [5.74, 6) is 0.319. The predicted molar refractivity (Wildman–Crippen MR) is 65.0 cm³/mol. The van der Waals surface area contributed by atoms with Crippen LogP contribution in [0.4, 0.5) is 0 Å². The Morgan fingerprint density at radius 2 is 1.81 bits per heavy atom. The second-order valence-electron chi connectivity index (χ2n) is 5.62. The smallest absolute Gasteiger partial charge is 0.230 e. The number of carbonyl (C=O) groups is 1. The minimum absolute atomic E-state index is 0.0725. The highest BCUT2D eigenvalue weighted by Gasteiger charge is 2.44. The first kappa shape index (κ1) is 11.9. The van der Waals surface area contributed by atoms with E-state index in [2.05, 4.69) is 11.8 Å². The van der Waals surface area contributed by atoms with Crippen LogP contribution in [0.25, 0.3) is 0 Å². The molecule has 1 saturated heterocycles. The molecule has 1 aliphatic heterocycles. The second kappa shape index (κ2) is 4.74. The molecule has 3 nitrogen and oxygen atoms in total. The monoisotopic (exact) mass is 224 g/mol. The van der Waals surface area contributed by atoms with E-state index in [-0.39, 0.29) is 11.5 Å². The summed E-state index contributed by atoms with van der Waals surface area (Å²) in [6, 6.07) is 0.0725. The third-order valence-electron chi connectivity index (χ3n) is 4.41. The number of rotatable bonds is 1. The van der Waals surface area contributed by atoms with Gasteiger partial charge in [0.25, 0.3) is 0 Å². The van der Waals surface area contributed by atoms with Crippen LogP contribution < -0.4 is 5.73 Å². The van der Waals surface area contributed by atoms with Crippen LogP contribution in [0.1, 0.15) is 51.9 Å². The van der Waals surface area contributed by atoms with E-state index in [9.17, 15) is 4.79 Å². The Labute approximate surface area is 98.4 Å². The summed E-state index contributed by atoms with van der Waals surface area (Å²) < 4.78 is 0. The highest BCUT2D eigenvalue weighted by molar-refractivity contribution is 5.83. The van der Waals surface area contributed by atoms with Gasteiger partial charge in [-0.05, 0) is 32.6 Å². The van der Waals surface area contributed by atoms with Crippen molar-refractivity contribution in [2.24, 2.45) is 11.1 Å². The van der Waals surface area contributed by atoms with Crippen molar-refractivity contribution in [2.75, 3.05) is 13.1 Å². The van der Waals surface area contributed by atoms with Crippen molar-refractivity contribution in [1.82, 2.24) is 4.90 Å². The van der Waals surface area contributed by atoms with E-state index >= 15 is 0 Å². The summed E-state index contributed by atoms with van der Waals surface area (Å²) in [5.41, 5.74) is 5.84. The lowest BCUT2D eigenvalue weighted by Crippen LogP contribution is -2.49. The van der Waals surface area contributed by atoms with Gasteiger partial charge in [-0.3, -0.25) is 4.79 Å². The molecule has 0 aromatic rings. The van der Waals surface area contributed by atoms with Gasteiger partial charge in [-0.25, -0.2) is 0 Å². The van der Waals surface area contributed by atoms with Gasteiger partial charge in [0, 0.05) is 19.1 Å². The Morgan fingerprint density at radius 1 is 1.19 bits per heavy atom. The minimum Gasteiger partial charge on any atom is -0.342 e. The molecule has 1 heterocycles. The topological polar surface area (TPSA) is 46.3 Å². The largest absolute Gasteiger partial charge is 0.342 e. The van der Waals surface area contributed by atoms with Crippen LogP contribution in [-0.2, 0) is 4.79 Å². The van der Waals surface area contributed by atoms with Gasteiger partial charge in [-0.2, -0.15) is 0 Å². The number of hydrogen-bond donors (Lipinski definition) is 1. The maximum atomic E-state index is 12.5. The normalized spacial score (nSPS) is 36.1. The molecule has 16 heavy (non-hydrogen) atoms. The average Bonchev–Trinajstić information content (AvgIpc) is 2.53. The van der Waals surface area contributed by atoms with E-state index in [1.165, 1.54) is 12.8 Å². The predicted octanol–water partition coefficient (Wildman–Crippen LogP) is 1.91. The molecule has 1 aliphatic carbocycles. The molecule has 2 rings (SSSR count). The quantitative estimate of drug-likeness (QED) is 0.739. The molecule has 2 fully saturated rings. The van der Waals surface area contributed by atoms with Gasteiger partial charge >= 0.3 is 0 Å². The van der Waals surface area contributed by atoms with E-state index in [4.69, 9.17) is 5.73 Å². The molecule has 0 spiro atoms. The molecule has 3 heteroatoms. The zero-order chi connectivity index (χ0) is 11.6. The first-order valence-corrected chi connectivity index (χ1v) is 6.69. The molecule has 0 bridgehead atoms. The van der Waals surface area contributed by atoms with Crippen LogP contribution in [0.2, 0.25) is 0 Å². The van der Waals surface area contributed by atoms with Gasteiger partial charge in [-0.1, -0.05) is 19.3 Å². The van der Waals surface area contributed by atoms with E-state index in [0.717, 1.165) is 45.2 Å². The van der Waals surface area contributed by atoms with Crippen molar-refractivity contribution in [2.45, 2.75) is 57.9 Å². The molecular formula is C13H24N2O. The van der Waals surface area contributed by atoms with E-state index in [1.54, 1.807) is 0 Å². The molecule has 0 radical (unpaired) electrons. The summed E-state index contributed by atoms with van der Waals surface area (Å²) in [4.78, 5) is 14.6. The van der Waals surface area contributed by atoms with Crippen LogP contribution in [0.15, 0.2) is 0 Å². The standard InChI is InChI=1S/C13H24N2O/c1-13(8-6-7-11(13)14)12(16)15-9-4-2-3-5-10-15/h11H,2-10,14H2,1H3. The molecule has 2 aliphatic rings. The third-order valence-corrected chi connectivity index (χ3v) is 4.41. The minimum atomic E-state index is -0.273. The van der Waals surface area contributed by atoms with Gasteiger partial charge in [0.1, 0.15) is 0 Å². The van der Waals surface area contributed by atoms with Crippen molar-refractivity contribution in [3.63, 3.8) is 0 Å². The molecule has 1 saturated carbocycles. The highest BCUT2D eigenvalue weighted by atomic mass is 16.2. The Hall–Kier alpha value is -0.570. The molecule has 2 atom stereocenters. The van der Waals surface area contributed by atoms with Crippen molar-refractivity contribution < 1.29 is 4.79 Å². The van der Waals surface area contributed by atoms with Gasteiger partial charge in [0.05, 0.1) is 5.41 Å².